The molecule has 0 saturated carbocycles. The number of rotatable bonds is 3. The number of hydrogen-bond donors (Lipinski definition) is 2. The highest BCUT2D eigenvalue weighted by atomic mass is 16.5. The Morgan fingerprint density at radius 1 is 1.09 bits per heavy atom. The van der Waals surface area contributed by atoms with Crippen LogP contribution in [-0.4, -0.2) is 25.2 Å². The number of piperidine rings is 1. The quantitative estimate of drug-likeness (QED) is 0.675. The van der Waals surface area contributed by atoms with E-state index in [2.05, 4.69) is 17.4 Å². The average Bonchev–Trinajstić information content (AvgIpc) is 2.57. The lowest BCUT2D eigenvalue weighted by Crippen LogP contribution is -2.42. The minimum Gasteiger partial charge on any atom is -0.457 e. The maximum Gasteiger partial charge on any atom is 0.338 e. The SMILES string of the molecule is Nc1ccc(C(=O)O[C@H]2CNCCC2c2ccccc2)cc1. The van der Waals surface area contributed by atoms with Crippen molar-refractivity contribution < 1.29 is 9.53 Å². The molecule has 0 spiro atoms. The normalized spacial score (nSPS) is 21.3. The van der Waals surface area contributed by atoms with Crippen LogP contribution >= 0.6 is 0 Å². The van der Waals surface area contributed by atoms with Crippen LogP contribution in [-0.2, 0) is 4.74 Å². The largest absolute Gasteiger partial charge is 0.457 e. The maximum absolute atomic E-state index is 12.3. The van der Waals surface area contributed by atoms with E-state index < -0.39 is 0 Å². The van der Waals surface area contributed by atoms with Gasteiger partial charge in [0.05, 0.1) is 5.56 Å². The molecular weight excluding hydrogens is 276 g/mol. The van der Waals surface area contributed by atoms with E-state index in [1.54, 1.807) is 24.3 Å². The number of benzene rings is 2. The van der Waals surface area contributed by atoms with Crippen molar-refractivity contribution in [2.24, 2.45) is 0 Å². The van der Waals surface area contributed by atoms with Gasteiger partial charge in [-0.05, 0) is 42.8 Å². The van der Waals surface area contributed by atoms with E-state index in [4.69, 9.17) is 10.5 Å². The number of nitrogens with one attached hydrogen (secondary N) is 1. The van der Waals surface area contributed by atoms with Crippen LogP contribution in [0.5, 0.6) is 0 Å². The molecule has 4 heteroatoms. The molecule has 0 radical (unpaired) electrons. The zero-order valence-electron chi connectivity index (χ0n) is 12.4. The molecule has 4 nitrogen and oxygen atoms in total. The molecule has 2 aromatic rings. The van der Waals surface area contributed by atoms with Crippen molar-refractivity contribution in [1.29, 1.82) is 0 Å². The summed E-state index contributed by atoms with van der Waals surface area (Å²) in [6.07, 6.45) is 0.810. The molecule has 1 aliphatic rings. The van der Waals surface area contributed by atoms with Crippen LogP contribution in [0, 0.1) is 0 Å². The Kier molecular flexibility index (Phi) is 4.39. The molecular formula is C18H20N2O2. The molecule has 0 aliphatic carbocycles. The van der Waals surface area contributed by atoms with E-state index in [0.29, 0.717) is 17.8 Å². The number of ether oxygens (including phenoxy) is 1. The summed E-state index contributed by atoms with van der Waals surface area (Å²) in [4.78, 5) is 12.3. The summed E-state index contributed by atoms with van der Waals surface area (Å²) in [7, 11) is 0. The zero-order valence-corrected chi connectivity index (χ0v) is 12.4. The minimum atomic E-state index is -0.297. The first-order valence-corrected chi connectivity index (χ1v) is 7.56. The molecule has 114 valence electrons. The summed E-state index contributed by atoms with van der Waals surface area (Å²) < 4.78 is 5.74. The number of nitrogens with two attached hydrogens (primary N) is 1. The van der Waals surface area contributed by atoms with Crippen LogP contribution in [0.2, 0.25) is 0 Å². The van der Waals surface area contributed by atoms with Gasteiger partial charge in [-0.15, -0.1) is 0 Å². The van der Waals surface area contributed by atoms with Crippen molar-refractivity contribution in [3.63, 3.8) is 0 Å². The van der Waals surface area contributed by atoms with Crippen LogP contribution in [0.1, 0.15) is 28.3 Å². The zero-order chi connectivity index (χ0) is 15.4. The minimum absolute atomic E-state index is 0.152. The lowest BCUT2D eigenvalue weighted by Gasteiger charge is -2.32. The van der Waals surface area contributed by atoms with Gasteiger partial charge < -0.3 is 15.8 Å². The number of anilines is 1. The van der Waals surface area contributed by atoms with Crippen molar-refractivity contribution in [1.82, 2.24) is 5.32 Å². The van der Waals surface area contributed by atoms with Crippen LogP contribution in [0.4, 0.5) is 5.69 Å². The summed E-state index contributed by atoms with van der Waals surface area (Å²) >= 11 is 0. The van der Waals surface area contributed by atoms with Crippen molar-refractivity contribution in [3.05, 3.63) is 65.7 Å². The third kappa shape index (κ3) is 3.28. The Morgan fingerprint density at radius 3 is 2.55 bits per heavy atom. The first kappa shape index (κ1) is 14.6. The number of esters is 1. The summed E-state index contributed by atoms with van der Waals surface area (Å²) in [5.74, 6) is -0.0604. The predicted octanol–water partition coefficient (Wildman–Crippen LogP) is 2.57. The molecule has 1 fully saturated rings. The number of carbonyl (C=O) groups excluding carboxylic acids is 1. The van der Waals surface area contributed by atoms with Gasteiger partial charge in [0.1, 0.15) is 6.10 Å². The topological polar surface area (TPSA) is 64.4 Å². The van der Waals surface area contributed by atoms with Gasteiger partial charge in [-0.3, -0.25) is 0 Å². The van der Waals surface area contributed by atoms with Gasteiger partial charge in [0.25, 0.3) is 0 Å². The third-order valence-electron chi connectivity index (χ3n) is 4.06. The van der Waals surface area contributed by atoms with Crippen molar-refractivity contribution in [3.8, 4) is 0 Å². The molecule has 0 aromatic heterocycles. The van der Waals surface area contributed by atoms with Crippen LogP contribution in [0.25, 0.3) is 0 Å². The van der Waals surface area contributed by atoms with Gasteiger partial charge in [-0.1, -0.05) is 30.3 Å². The summed E-state index contributed by atoms with van der Waals surface area (Å²) in [5, 5.41) is 3.30. The van der Waals surface area contributed by atoms with Crippen molar-refractivity contribution in [2.75, 3.05) is 18.8 Å². The van der Waals surface area contributed by atoms with Gasteiger partial charge in [-0.25, -0.2) is 4.79 Å². The number of carbonyl (C=O) groups is 1. The molecule has 1 aliphatic heterocycles. The lowest BCUT2D eigenvalue weighted by atomic mass is 9.88. The molecule has 2 atom stereocenters. The second kappa shape index (κ2) is 6.62. The summed E-state index contributed by atoms with van der Waals surface area (Å²) in [6, 6.07) is 17.1. The van der Waals surface area contributed by atoms with Crippen molar-refractivity contribution in [2.45, 2.75) is 18.4 Å². The first-order valence-electron chi connectivity index (χ1n) is 7.56. The van der Waals surface area contributed by atoms with E-state index in [9.17, 15) is 4.79 Å². The molecule has 1 saturated heterocycles. The van der Waals surface area contributed by atoms with E-state index in [1.165, 1.54) is 5.56 Å². The fourth-order valence-electron chi connectivity index (χ4n) is 2.86. The highest BCUT2D eigenvalue weighted by Gasteiger charge is 2.29. The standard InChI is InChI=1S/C18H20N2O2/c19-15-8-6-14(7-9-15)18(21)22-17-12-20-11-10-16(17)13-4-2-1-3-5-13/h1-9,16-17,20H,10-12,19H2/t16?,17-/m0/s1. The smallest absolute Gasteiger partial charge is 0.338 e. The Labute approximate surface area is 130 Å². The van der Waals surface area contributed by atoms with E-state index >= 15 is 0 Å². The first-order chi connectivity index (χ1) is 10.7. The molecule has 1 heterocycles. The fraction of sp³-hybridized carbons (Fsp3) is 0.278. The predicted molar refractivity (Wildman–Crippen MR) is 86.7 cm³/mol. The second-order valence-electron chi connectivity index (χ2n) is 5.58. The van der Waals surface area contributed by atoms with Gasteiger partial charge in [0, 0.05) is 18.2 Å². The van der Waals surface area contributed by atoms with Gasteiger partial charge in [-0.2, -0.15) is 0 Å². The molecule has 3 rings (SSSR count). The molecule has 2 aromatic carbocycles. The highest BCUT2D eigenvalue weighted by Crippen LogP contribution is 2.28. The maximum atomic E-state index is 12.3. The van der Waals surface area contributed by atoms with Gasteiger partial charge >= 0.3 is 5.97 Å². The monoisotopic (exact) mass is 296 g/mol. The average molecular weight is 296 g/mol. The fourth-order valence-corrected chi connectivity index (χ4v) is 2.86. The lowest BCUT2D eigenvalue weighted by molar-refractivity contribution is 0.0182. The van der Waals surface area contributed by atoms with E-state index in [1.807, 2.05) is 18.2 Å². The summed E-state index contributed by atoms with van der Waals surface area (Å²) in [5.41, 5.74) is 8.04. The number of hydrogen-bond acceptors (Lipinski definition) is 4. The Hall–Kier alpha value is -2.33. The van der Waals surface area contributed by atoms with Crippen LogP contribution in [0.3, 0.4) is 0 Å². The Morgan fingerprint density at radius 2 is 1.82 bits per heavy atom. The molecule has 0 amide bonds. The second-order valence-corrected chi connectivity index (χ2v) is 5.58. The van der Waals surface area contributed by atoms with Crippen molar-refractivity contribution >= 4 is 11.7 Å². The molecule has 3 N–H and O–H groups in total. The summed E-state index contributed by atoms with van der Waals surface area (Å²) in [6.45, 7) is 1.62. The Bertz CT molecular complexity index is 625. The van der Waals surface area contributed by atoms with Crippen LogP contribution in [0.15, 0.2) is 54.6 Å². The van der Waals surface area contributed by atoms with Crippen LogP contribution < -0.4 is 11.1 Å². The number of nitrogen functional groups attached to an aromatic ring is 1. The molecule has 22 heavy (non-hydrogen) atoms. The van der Waals surface area contributed by atoms with Gasteiger partial charge in [0.2, 0.25) is 0 Å². The van der Waals surface area contributed by atoms with Gasteiger partial charge in [0.15, 0.2) is 0 Å². The van der Waals surface area contributed by atoms with E-state index in [0.717, 1.165) is 13.0 Å². The molecule has 0 bridgehead atoms. The third-order valence-corrected chi connectivity index (χ3v) is 4.06. The Balaban J connectivity index is 1.74. The van der Waals surface area contributed by atoms with E-state index in [-0.39, 0.29) is 18.0 Å². The molecule has 1 unspecified atom stereocenters. The highest BCUT2D eigenvalue weighted by molar-refractivity contribution is 5.89.